The summed E-state index contributed by atoms with van der Waals surface area (Å²) < 4.78 is 15.4. The third kappa shape index (κ3) is 4.45. The van der Waals surface area contributed by atoms with Gasteiger partial charge in [0.25, 0.3) is 0 Å². The molecule has 1 aliphatic heterocycles. The van der Waals surface area contributed by atoms with Crippen molar-refractivity contribution in [2.24, 2.45) is 5.92 Å². The van der Waals surface area contributed by atoms with Crippen LogP contribution in [0.5, 0.6) is 11.5 Å². The highest BCUT2D eigenvalue weighted by Crippen LogP contribution is 2.41. The van der Waals surface area contributed by atoms with Crippen molar-refractivity contribution in [1.29, 1.82) is 0 Å². The molecule has 2 aromatic rings. The van der Waals surface area contributed by atoms with Gasteiger partial charge in [0.1, 0.15) is 23.5 Å². The van der Waals surface area contributed by atoms with Gasteiger partial charge in [-0.2, -0.15) is 0 Å². The first-order valence-corrected chi connectivity index (χ1v) is 9.79. The van der Waals surface area contributed by atoms with Crippen LogP contribution in [0.3, 0.4) is 0 Å². The minimum absolute atomic E-state index is 0.0585. The molecule has 3 rings (SSSR count). The molecule has 1 saturated heterocycles. The molecule has 31 heavy (non-hydrogen) atoms. The Morgan fingerprint density at radius 1 is 1.00 bits per heavy atom. The summed E-state index contributed by atoms with van der Waals surface area (Å²) in [4.78, 5) is 37.5. The van der Waals surface area contributed by atoms with Crippen LogP contribution in [0.25, 0.3) is 0 Å². The number of hydrogen-bond donors (Lipinski definition) is 1. The Kier molecular flexibility index (Phi) is 6.74. The molecule has 0 spiro atoms. The molecule has 0 aromatic heterocycles. The molecule has 0 aliphatic carbocycles. The van der Waals surface area contributed by atoms with E-state index in [9.17, 15) is 19.7 Å². The number of carbonyl (C=O) groups excluding carboxylic acids is 2. The lowest BCUT2D eigenvalue weighted by Gasteiger charge is -2.37. The SMILES string of the molecule is CCOC(=O)C1C(=O)NC(c2ccc(OC)cc2)C([N+](=O)[O-])C1c1ccc(OC)cc1. The normalized spacial score (nSPS) is 22.9. The number of nitrogens with one attached hydrogen (secondary N) is 1. The monoisotopic (exact) mass is 428 g/mol. The second-order valence-corrected chi connectivity index (χ2v) is 7.06. The van der Waals surface area contributed by atoms with Gasteiger partial charge in [-0.3, -0.25) is 19.7 Å². The van der Waals surface area contributed by atoms with Crippen LogP contribution in [-0.4, -0.2) is 43.7 Å². The zero-order valence-electron chi connectivity index (χ0n) is 17.4. The fourth-order valence-corrected chi connectivity index (χ4v) is 3.94. The van der Waals surface area contributed by atoms with Crippen LogP contribution < -0.4 is 14.8 Å². The maximum absolute atomic E-state index is 13.0. The molecule has 1 N–H and O–H groups in total. The quantitative estimate of drug-likeness (QED) is 0.312. The molecule has 164 valence electrons. The minimum atomic E-state index is -1.35. The van der Waals surface area contributed by atoms with Gasteiger partial charge < -0.3 is 19.5 Å². The van der Waals surface area contributed by atoms with Crippen molar-refractivity contribution in [1.82, 2.24) is 5.32 Å². The van der Waals surface area contributed by atoms with E-state index in [0.29, 0.717) is 22.6 Å². The summed E-state index contributed by atoms with van der Waals surface area (Å²) in [6, 6.07) is 11.0. The van der Waals surface area contributed by atoms with Crippen LogP contribution in [0.1, 0.15) is 30.0 Å². The fraction of sp³-hybridized carbons (Fsp3) is 0.364. The number of nitro groups is 1. The molecule has 0 radical (unpaired) electrons. The smallest absolute Gasteiger partial charge is 0.319 e. The molecule has 1 amide bonds. The van der Waals surface area contributed by atoms with E-state index in [1.807, 2.05) is 0 Å². The molecular weight excluding hydrogens is 404 g/mol. The van der Waals surface area contributed by atoms with Crippen molar-refractivity contribution in [2.75, 3.05) is 20.8 Å². The van der Waals surface area contributed by atoms with Gasteiger partial charge >= 0.3 is 5.97 Å². The third-order valence-corrected chi connectivity index (χ3v) is 5.41. The van der Waals surface area contributed by atoms with Crippen LogP contribution in [-0.2, 0) is 14.3 Å². The van der Waals surface area contributed by atoms with E-state index in [1.54, 1.807) is 55.5 Å². The summed E-state index contributed by atoms with van der Waals surface area (Å²) in [6.45, 7) is 1.68. The molecular formula is C22H24N2O7. The molecule has 1 aliphatic rings. The summed E-state index contributed by atoms with van der Waals surface area (Å²) >= 11 is 0. The topological polar surface area (TPSA) is 117 Å². The largest absolute Gasteiger partial charge is 0.497 e. The molecule has 0 saturated carbocycles. The lowest BCUT2D eigenvalue weighted by molar-refractivity contribution is -0.534. The predicted octanol–water partition coefficient (Wildman–Crippen LogP) is 2.48. The van der Waals surface area contributed by atoms with Crippen LogP contribution in [0.2, 0.25) is 0 Å². The minimum Gasteiger partial charge on any atom is -0.497 e. The number of rotatable bonds is 7. The average molecular weight is 428 g/mol. The summed E-state index contributed by atoms with van der Waals surface area (Å²) in [5.74, 6) is -2.64. The Balaban J connectivity index is 2.11. The van der Waals surface area contributed by atoms with Crippen LogP contribution in [0.4, 0.5) is 0 Å². The number of hydrogen-bond acceptors (Lipinski definition) is 7. The van der Waals surface area contributed by atoms with E-state index < -0.39 is 40.7 Å². The molecule has 1 heterocycles. The van der Waals surface area contributed by atoms with Gasteiger partial charge in [0.15, 0.2) is 0 Å². The average Bonchev–Trinajstić information content (AvgIpc) is 2.78. The van der Waals surface area contributed by atoms with Crippen molar-refractivity contribution in [2.45, 2.75) is 24.9 Å². The lowest BCUT2D eigenvalue weighted by atomic mass is 9.73. The van der Waals surface area contributed by atoms with Crippen LogP contribution >= 0.6 is 0 Å². The molecule has 9 nitrogen and oxygen atoms in total. The Morgan fingerprint density at radius 2 is 1.52 bits per heavy atom. The van der Waals surface area contributed by atoms with Crippen LogP contribution in [0, 0.1) is 16.0 Å². The van der Waals surface area contributed by atoms with Crippen molar-refractivity contribution >= 4 is 11.9 Å². The Morgan fingerprint density at radius 3 is 1.97 bits per heavy atom. The molecule has 1 fully saturated rings. The first-order valence-electron chi connectivity index (χ1n) is 9.79. The predicted molar refractivity (Wildman–Crippen MR) is 111 cm³/mol. The van der Waals surface area contributed by atoms with Gasteiger partial charge in [-0.25, -0.2) is 0 Å². The molecule has 2 aromatic carbocycles. The zero-order valence-corrected chi connectivity index (χ0v) is 17.4. The van der Waals surface area contributed by atoms with Gasteiger partial charge in [-0.1, -0.05) is 24.3 Å². The number of amides is 1. The van der Waals surface area contributed by atoms with E-state index in [1.165, 1.54) is 14.2 Å². The maximum atomic E-state index is 13.0. The van der Waals surface area contributed by atoms with E-state index in [4.69, 9.17) is 14.2 Å². The maximum Gasteiger partial charge on any atom is 0.319 e. The molecule has 0 bridgehead atoms. The third-order valence-electron chi connectivity index (χ3n) is 5.41. The second-order valence-electron chi connectivity index (χ2n) is 7.06. The number of nitrogens with zero attached hydrogens (tertiary/aromatic N) is 1. The van der Waals surface area contributed by atoms with Gasteiger partial charge in [-0.05, 0) is 42.3 Å². The summed E-state index contributed by atoms with van der Waals surface area (Å²) in [5.41, 5.74) is 1.02. The van der Waals surface area contributed by atoms with E-state index in [-0.39, 0.29) is 6.61 Å². The first kappa shape index (κ1) is 22.1. The van der Waals surface area contributed by atoms with E-state index in [0.717, 1.165) is 0 Å². The number of ether oxygens (including phenoxy) is 3. The van der Waals surface area contributed by atoms with Crippen molar-refractivity contribution in [3.05, 3.63) is 69.8 Å². The van der Waals surface area contributed by atoms with E-state index >= 15 is 0 Å². The van der Waals surface area contributed by atoms with Crippen molar-refractivity contribution in [3.8, 4) is 11.5 Å². The first-order chi connectivity index (χ1) is 14.9. The highest BCUT2D eigenvalue weighted by molar-refractivity contribution is 6.00. The molecule has 4 atom stereocenters. The summed E-state index contributed by atoms with van der Waals surface area (Å²) in [7, 11) is 3.02. The lowest BCUT2D eigenvalue weighted by Crippen LogP contribution is -2.56. The molecule has 4 unspecified atom stereocenters. The number of piperidine rings is 1. The highest BCUT2D eigenvalue weighted by Gasteiger charge is 2.55. The van der Waals surface area contributed by atoms with Crippen LogP contribution in [0.15, 0.2) is 48.5 Å². The fourth-order valence-electron chi connectivity index (χ4n) is 3.94. The highest BCUT2D eigenvalue weighted by atomic mass is 16.6. The van der Waals surface area contributed by atoms with Crippen molar-refractivity contribution in [3.63, 3.8) is 0 Å². The van der Waals surface area contributed by atoms with Gasteiger partial charge in [0, 0.05) is 4.92 Å². The number of methoxy groups -OCH3 is 2. The Labute approximate surface area is 179 Å². The van der Waals surface area contributed by atoms with Crippen molar-refractivity contribution < 1.29 is 28.7 Å². The standard InChI is InChI=1S/C22H24N2O7/c1-4-31-22(26)18-17(13-5-9-15(29-2)10-6-13)20(24(27)28)19(23-21(18)25)14-7-11-16(30-3)12-8-14/h5-12,17-20H,4H2,1-3H3,(H,23,25). The Hall–Kier alpha value is -3.62. The number of carbonyl (C=O) groups is 2. The second kappa shape index (κ2) is 9.46. The Bertz CT molecular complexity index is 943. The van der Waals surface area contributed by atoms with Gasteiger partial charge in [-0.15, -0.1) is 0 Å². The molecule has 9 heteroatoms. The van der Waals surface area contributed by atoms with Gasteiger partial charge in [0.05, 0.1) is 26.7 Å². The van der Waals surface area contributed by atoms with E-state index in [2.05, 4.69) is 5.32 Å². The summed E-state index contributed by atoms with van der Waals surface area (Å²) in [5, 5.41) is 14.9. The number of benzene rings is 2. The zero-order chi connectivity index (χ0) is 22.5. The van der Waals surface area contributed by atoms with Gasteiger partial charge in [0.2, 0.25) is 11.9 Å². The summed E-state index contributed by atoms with van der Waals surface area (Å²) in [6.07, 6.45) is 0. The number of esters is 1.